The molecule has 1 aliphatic carbocycles. The minimum atomic E-state index is 0.131. The largest absolute Gasteiger partial charge is 0.372 e. The van der Waals surface area contributed by atoms with E-state index in [2.05, 4.69) is 26.1 Å². The molecule has 16 heavy (non-hydrogen) atoms. The summed E-state index contributed by atoms with van der Waals surface area (Å²) in [4.78, 5) is 0. The van der Waals surface area contributed by atoms with E-state index in [4.69, 9.17) is 4.74 Å². The summed E-state index contributed by atoms with van der Waals surface area (Å²) in [6.07, 6.45) is 8.41. The fraction of sp³-hybridized carbons (Fsp3) is 1.00. The van der Waals surface area contributed by atoms with Gasteiger partial charge in [0.2, 0.25) is 0 Å². The van der Waals surface area contributed by atoms with Gasteiger partial charge in [-0.1, -0.05) is 13.3 Å². The Morgan fingerprint density at radius 1 is 1.31 bits per heavy atom. The molecule has 2 heteroatoms. The van der Waals surface area contributed by atoms with Crippen LogP contribution in [0.4, 0.5) is 0 Å². The van der Waals surface area contributed by atoms with Crippen LogP contribution in [0.1, 0.15) is 59.3 Å². The Morgan fingerprint density at radius 3 is 2.56 bits per heavy atom. The fourth-order valence-electron chi connectivity index (χ4n) is 2.76. The van der Waals surface area contributed by atoms with E-state index >= 15 is 0 Å². The standard InChI is InChI=1S/C14H27NO/c1-11(10-15-12-5-4-6-12)9-13-7-8-14(2,3)16-13/h11-13,15H,4-10H2,1-3H3. The van der Waals surface area contributed by atoms with Crippen LogP contribution in [0.5, 0.6) is 0 Å². The number of ether oxygens (including phenoxy) is 1. The minimum Gasteiger partial charge on any atom is -0.372 e. The summed E-state index contributed by atoms with van der Waals surface area (Å²) < 4.78 is 6.04. The molecular weight excluding hydrogens is 198 g/mol. The van der Waals surface area contributed by atoms with Gasteiger partial charge in [0.1, 0.15) is 0 Å². The van der Waals surface area contributed by atoms with Crippen LogP contribution in [0.2, 0.25) is 0 Å². The van der Waals surface area contributed by atoms with Gasteiger partial charge in [0.15, 0.2) is 0 Å². The molecule has 1 saturated carbocycles. The van der Waals surface area contributed by atoms with Crippen LogP contribution < -0.4 is 5.32 Å². The van der Waals surface area contributed by atoms with Crippen molar-refractivity contribution in [3.63, 3.8) is 0 Å². The van der Waals surface area contributed by atoms with Gasteiger partial charge in [0, 0.05) is 6.04 Å². The van der Waals surface area contributed by atoms with Crippen LogP contribution in [0.3, 0.4) is 0 Å². The molecule has 0 aromatic heterocycles. The molecule has 0 aromatic rings. The second-order valence-corrected chi connectivity index (χ2v) is 6.42. The molecule has 1 saturated heterocycles. The lowest BCUT2D eigenvalue weighted by atomic mass is 9.92. The third kappa shape index (κ3) is 3.46. The van der Waals surface area contributed by atoms with E-state index in [1.54, 1.807) is 0 Å². The monoisotopic (exact) mass is 225 g/mol. The molecule has 2 atom stereocenters. The number of nitrogens with one attached hydrogen (secondary N) is 1. The van der Waals surface area contributed by atoms with Crippen molar-refractivity contribution < 1.29 is 4.74 Å². The Hall–Kier alpha value is -0.0800. The molecular formula is C14H27NO. The Bertz CT molecular complexity index is 223. The molecule has 0 bridgehead atoms. The van der Waals surface area contributed by atoms with Gasteiger partial charge in [-0.3, -0.25) is 0 Å². The third-order valence-electron chi connectivity index (χ3n) is 4.08. The average molecular weight is 225 g/mol. The lowest BCUT2D eigenvalue weighted by Gasteiger charge is -2.29. The van der Waals surface area contributed by atoms with Crippen molar-refractivity contribution in [3.05, 3.63) is 0 Å². The first-order valence-corrected chi connectivity index (χ1v) is 6.96. The summed E-state index contributed by atoms with van der Waals surface area (Å²) in [5.41, 5.74) is 0.131. The SMILES string of the molecule is CC(CNC1CCC1)CC1CCC(C)(C)O1. The van der Waals surface area contributed by atoms with Gasteiger partial charge < -0.3 is 10.1 Å². The molecule has 0 spiro atoms. The summed E-state index contributed by atoms with van der Waals surface area (Å²) in [6.45, 7) is 7.94. The lowest BCUT2D eigenvalue weighted by molar-refractivity contribution is -0.0237. The molecule has 1 aliphatic heterocycles. The molecule has 1 N–H and O–H groups in total. The van der Waals surface area contributed by atoms with E-state index in [0.717, 1.165) is 12.0 Å². The van der Waals surface area contributed by atoms with Crippen molar-refractivity contribution in [1.82, 2.24) is 5.32 Å². The molecule has 2 rings (SSSR count). The van der Waals surface area contributed by atoms with Gasteiger partial charge in [-0.2, -0.15) is 0 Å². The zero-order chi connectivity index (χ0) is 11.6. The Kier molecular flexibility index (Phi) is 3.91. The van der Waals surface area contributed by atoms with E-state index in [0.29, 0.717) is 6.10 Å². The zero-order valence-electron chi connectivity index (χ0n) is 11.1. The number of hydrogen-bond acceptors (Lipinski definition) is 2. The van der Waals surface area contributed by atoms with Crippen molar-refractivity contribution in [1.29, 1.82) is 0 Å². The Balaban J connectivity index is 1.61. The summed E-state index contributed by atoms with van der Waals surface area (Å²) in [5.74, 6) is 0.750. The van der Waals surface area contributed by atoms with Gasteiger partial charge >= 0.3 is 0 Å². The summed E-state index contributed by atoms with van der Waals surface area (Å²) >= 11 is 0. The maximum atomic E-state index is 6.04. The zero-order valence-corrected chi connectivity index (χ0v) is 11.1. The van der Waals surface area contributed by atoms with Crippen molar-refractivity contribution >= 4 is 0 Å². The van der Waals surface area contributed by atoms with Crippen LogP contribution in [0.15, 0.2) is 0 Å². The second kappa shape index (κ2) is 5.05. The maximum Gasteiger partial charge on any atom is 0.0631 e. The molecule has 2 nitrogen and oxygen atoms in total. The molecule has 1 heterocycles. The van der Waals surface area contributed by atoms with Crippen molar-refractivity contribution in [2.45, 2.75) is 77.0 Å². The topological polar surface area (TPSA) is 21.3 Å². The highest BCUT2D eigenvalue weighted by Crippen LogP contribution is 2.32. The van der Waals surface area contributed by atoms with Gasteiger partial charge in [-0.25, -0.2) is 0 Å². The molecule has 2 fully saturated rings. The van der Waals surface area contributed by atoms with E-state index in [9.17, 15) is 0 Å². The highest BCUT2D eigenvalue weighted by Gasteiger charge is 2.32. The van der Waals surface area contributed by atoms with E-state index in [1.165, 1.54) is 45.1 Å². The first-order chi connectivity index (χ1) is 7.55. The lowest BCUT2D eigenvalue weighted by Crippen LogP contribution is -2.38. The molecule has 94 valence electrons. The minimum absolute atomic E-state index is 0.131. The smallest absolute Gasteiger partial charge is 0.0631 e. The van der Waals surface area contributed by atoms with Crippen LogP contribution in [0.25, 0.3) is 0 Å². The normalized spacial score (nSPS) is 31.3. The summed E-state index contributed by atoms with van der Waals surface area (Å²) in [7, 11) is 0. The Morgan fingerprint density at radius 2 is 2.06 bits per heavy atom. The quantitative estimate of drug-likeness (QED) is 0.776. The number of hydrogen-bond donors (Lipinski definition) is 1. The fourth-order valence-corrected chi connectivity index (χ4v) is 2.76. The highest BCUT2D eigenvalue weighted by molar-refractivity contribution is 4.83. The van der Waals surface area contributed by atoms with E-state index < -0.39 is 0 Å². The van der Waals surface area contributed by atoms with Gasteiger partial charge in [0.25, 0.3) is 0 Å². The van der Waals surface area contributed by atoms with Gasteiger partial charge in [0.05, 0.1) is 11.7 Å². The molecule has 0 radical (unpaired) electrons. The van der Waals surface area contributed by atoms with Crippen molar-refractivity contribution in [2.75, 3.05) is 6.54 Å². The maximum absolute atomic E-state index is 6.04. The van der Waals surface area contributed by atoms with Crippen LogP contribution in [-0.2, 0) is 4.74 Å². The molecule has 2 aliphatic rings. The first-order valence-electron chi connectivity index (χ1n) is 6.96. The predicted molar refractivity (Wildman–Crippen MR) is 67.6 cm³/mol. The van der Waals surface area contributed by atoms with Gasteiger partial charge in [-0.05, 0) is 58.4 Å². The second-order valence-electron chi connectivity index (χ2n) is 6.42. The van der Waals surface area contributed by atoms with Crippen LogP contribution >= 0.6 is 0 Å². The molecule has 2 unspecified atom stereocenters. The van der Waals surface area contributed by atoms with Crippen LogP contribution in [-0.4, -0.2) is 24.3 Å². The van der Waals surface area contributed by atoms with Crippen LogP contribution in [0, 0.1) is 5.92 Å². The number of rotatable bonds is 5. The summed E-state index contributed by atoms with van der Waals surface area (Å²) in [6, 6.07) is 0.823. The van der Waals surface area contributed by atoms with Crippen molar-refractivity contribution in [3.8, 4) is 0 Å². The Labute approximate surface area is 100 Å². The highest BCUT2D eigenvalue weighted by atomic mass is 16.5. The molecule has 0 aromatic carbocycles. The summed E-state index contributed by atoms with van der Waals surface area (Å²) in [5, 5.41) is 3.66. The molecule has 0 amide bonds. The van der Waals surface area contributed by atoms with Gasteiger partial charge in [-0.15, -0.1) is 0 Å². The van der Waals surface area contributed by atoms with E-state index in [-0.39, 0.29) is 5.60 Å². The first kappa shape index (κ1) is 12.4. The predicted octanol–water partition coefficient (Wildman–Crippen LogP) is 3.11. The van der Waals surface area contributed by atoms with E-state index in [1.807, 2.05) is 0 Å². The van der Waals surface area contributed by atoms with Crippen molar-refractivity contribution in [2.24, 2.45) is 5.92 Å². The average Bonchev–Trinajstić information content (AvgIpc) is 2.42. The third-order valence-corrected chi connectivity index (χ3v) is 4.08.